The summed E-state index contributed by atoms with van der Waals surface area (Å²) in [4.78, 5) is 29.5. The van der Waals surface area contributed by atoms with E-state index in [0.717, 1.165) is 20.8 Å². The maximum Gasteiger partial charge on any atom is 0.389 e. The van der Waals surface area contributed by atoms with Gasteiger partial charge in [-0.2, -0.15) is 0 Å². The van der Waals surface area contributed by atoms with Crippen LogP contribution in [0.5, 0.6) is 0 Å². The molecule has 0 aromatic carbocycles. The second-order valence-corrected chi connectivity index (χ2v) is 3.27. The minimum Gasteiger partial charge on any atom is -0.390 e. The molecule has 3 atom stereocenters. The molecule has 0 bridgehead atoms. The smallest absolute Gasteiger partial charge is 0.389 e. The molecule has 0 saturated carbocycles. The molecule has 0 heterocycles. The Labute approximate surface area is 86.2 Å². The maximum atomic E-state index is 11.0. The number of rotatable bonds is 3. The molecule has 0 fully saturated rings. The second kappa shape index (κ2) is 5.06. The Kier molecular flexibility index (Phi) is 4.66. The predicted octanol–water partition coefficient (Wildman–Crippen LogP) is -1.50. The van der Waals surface area contributed by atoms with Gasteiger partial charge in [0.05, 0.1) is 6.10 Å². The summed E-state index contributed by atoms with van der Waals surface area (Å²) in [7, 11) is 0. The third-order valence-electron chi connectivity index (χ3n) is 1.77. The molecule has 0 aliphatic carbocycles. The first kappa shape index (κ1) is 13.8. The van der Waals surface area contributed by atoms with Crippen molar-refractivity contribution in [1.82, 2.24) is 0 Å². The summed E-state index contributed by atoms with van der Waals surface area (Å²) in [5.74, 6) is -2.50. The summed E-state index contributed by atoms with van der Waals surface area (Å²) in [6.45, 7) is 3.27. The van der Waals surface area contributed by atoms with Gasteiger partial charge >= 0.3 is 11.9 Å². The molecule has 3 N–H and O–H groups in total. The van der Waals surface area contributed by atoms with E-state index in [9.17, 15) is 14.7 Å². The van der Waals surface area contributed by atoms with Gasteiger partial charge in [-0.05, 0) is 20.8 Å². The van der Waals surface area contributed by atoms with Gasteiger partial charge in [-0.25, -0.2) is 19.4 Å². The van der Waals surface area contributed by atoms with Gasteiger partial charge in [-0.3, -0.25) is 0 Å². The number of carbonyl (C=O) groups is 2. The highest BCUT2D eigenvalue weighted by molar-refractivity contribution is 5.80. The number of carbonyl (C=O) groups excluding carboxylic acids is 2. The van der Waals surface area contributed by atoms with Crippen molar-refractivity contribution in [2.24, 2.45) is 0 Å². The Morgan fingerprint density at radius 1 is 1.20 bits per heavy atom. The summed E-state index contributed by atoms with van der Waals surface area (Å²) in [5, 5.41) is 27.0. The van der Waals surface area contributed by atoms with Gasteiger partial charge in [0, 0.05) is 0 Å². The van der Waals surface area contributed by atoms with Crippen LogP contribution in [0, 0.1) is 0 Å². The molecule has 15 heavy (non-hydrogen) atoms. The molecule has 7 nitrogen and oxygen atoms in total. The lowest BCUT2D eigenvalue weighted by molar-refractivity contribution is -0.277. The van der Waals surface area contributed by atoms with Crippen molar-refractivity contribution in [2.75, 3.05) is 0 Å². The normalized spacial score (nSPS) is 18.5. The molecule has 0 aliphatic rings. The molecule has 0 spiro atoms. The highest BCUT2D eigenvalue weighted by atomic mass is 17.2. The molecule has 0 aliphatic heterocycles. The van der Waals surface area contributed by atoms with E-state index in [1.54, 1.807) is 0 Å². The summed E-state index contributed by atoms with van der Waals surface area (Å²) in [6, 6.07) is 0. The zero-order valence-electron chi connectivity index (χ0n) is 8.63. The van der Waals surface area contributed by atoms with E-state index < -0.39 is 29.7 Å². The molecule has 0 rings (SSSR count). The number of aliphatic hydroxyl groups is 3. The molecule has 0 radical (unpaired) electrons. The van der Waals surface area contributed by atoms with Gasteiger partial charge in [0.2, 0.25) is 0 Å². The van der Waals surface area contributed by atoms with Crippen LogP contribution in [0.2, 0.25) is 0 Å². The summed E-state index contributed by atoms with van der Waals surface area (Å²) in [5.41, 5.74) is -2.18. The van der Waals surface area contributed by atoms with E-state index in [-0.39, 0.29) is 0 Å². The van der Waals surface area contributed by atoms with Crippen molar-refractivity contribution in [3.05, 3.63) is 0 Å². The van der Waals surface area contributed by atoms with E-state index in [0.29, 0.717) is 0 Å². The fraction of sp³-hybridized carbons (Fsp3) is 0.750. The molecule has 3 unspecified atom stereocenters. The van der Waals surface area contributed by atoms with Crippen LogP contribution in [0.3, 0.4) is 0 Å². The Morgan fingerprint density at radius 2 is 1.67 bits per heavy atom. The van der Waals surface area contributed by atoms with Gasteiger partial charge in [0.1, 0.15) is 0 Å². The molecule has 0 amide bonds. The van der Waals surface area contributed by atoms with Gasteiger partial charge in [0.25, 0.3) is 0 Å². The van der Waals surface area contributed by atoms with Crippen LogP contribution in [-0.4, -0.2) is 45.1 Å². The van der Waals surface area contributed by atoms with E-state index in [2.05, 4.69) is 9.78 Å². The first-order valence-corrected chi connectivity index (χ1v) is 4.21. The van der Waals surface area contributed by atoms with Crippen molar-refractivity contribution in [3.8, 4) is 0 Å². The minimum absolute atomic E-state index is 0.996. The molecule has 0 aromatic heterocycles. The average Bonchev–Trinajstić information content (AvgIpc) is 2.12. The monoisotopic (exact) mass is 222 g/mol. The van der Waals surface area contributed by atoms with E-state index in [4.69, 9.17) is 10.2 Å². The third kappa shape index (κ3) is 3.82. The van der Waals surface area contributed by atoms with E-state index >= 15 is 0 Å². The highest BCUT2D eigenvalue weighted by Gasteiger charge is 2.39. The summed E-state index contributed by atoms with van der Waals surface area (Å²) >= 11 is 0. The van der Waals surface area contributed by atoms with Crippen LogP contribution < -0.4 is 0 Å². The summed E-state index contributed by atoms with van der Waals surface area (Å²) < 4.78 is 0. The van der Waals surface area contributed by atoms with Crippen molar-refractivity contribution in [3.63, 3.8) is 0 Å². The van der Waals surface area contributed by atoms with Gasteiger partial charge in [-0.1, -0.05) is 0 Å². The molecular weight excluding hydrogens is 208 g/mol. The van der Waals surface area contributed by atoms with Gasteiger partial charge < -0.3 is 15.3 Å². The van der Waals surface area contributed by atoms with Crippen molar-refractivity contribution < 1.29 is 34.7 Å². The van der Waals surface area contributed by atoms with Crippen LogP contribution in [-0.2, 0) is 19.4 Å². The van der Waals surface area contributed by atoms with E-state index in [1.807, 2.05) is 0 Å². The molecule has 7 heteroatoms. The Hall–Kier alpha value is -1.18. The first-order valence-electron chi connectivity index (χ1n) is 4.21. The zero-order chi connectivity index (χ0) is 12.2. The minimum atomic E-state index is -2.18. The third-order valence-corrected chi connectivity index (χ3v) is 1.77. The highest BCUT2D eigenvalue weighted by Crippen LogP contribution is 2.12. The van der Waals surface area contributed by atoms with Crippen molar-refractivity contribution in [1.29, 1.82) is 0 Å². The van der Waals surface area contributed by atoms with Crippen LogP contribution in [0.4, 0.5) is 0 Å². The molecular formula is C8H14O7. The Bertz CT molecular complexity index is 243. The SMILES string of the molecule is CC(O)C(=O)OOC(=O)C(C)(O)C(C)O. The zero-order valence-corrected chi connectivity index (χ0v) is 8.63. The van der Waals surface area contributed by atoms with Crippen molar-refractivity contribution >= 4 is 11.9 Å². The molecule has 0 aromatic rings. The standard InChI is InChI=1S/C8H14O7/c1-4(9)6(11)14-15-7(12)8(3,13)5(2)10/h4-5,9-10,13H,1-3H3. The number of hydrogen-bond donors (Lipinski definition) is 3. The Balaban J connectivity index is 4.22. The number of aliphatic hydroxyl groups excluding tert-OH is 2. The largest absolute Gasteiger partial charge is 0.390 e. The van der Waals surface area contributed by atoms with Crippen LogP contribution in [0.15, 0.2) is 0 Å². The lowest BCUT2D eigenvalue weighted by Crippen LogP contribution is -2.46. The first-order chi connectivity index (χ1) is 6.69. The molecule has 0 saturated heterocycles. The Morgan fingerprint density at radius 3 is 2.00 bits per heavy atom. The van der Waals surface area contributed by atoms with Crippen molar-refractivity contribution in [2.45, 2.75) is 38.6 Å². The lowest BCUT2D eigenvalue weighted by atomic mass is 10.0. The topological polar surface area (TPSA) is 113 Å². The second-order valence-electron chi connectivity index (χ2n) is 3.27. The fourth-order valence-electron chi connectivity index (χ4n) is 0.403. The van der Waals surface area contributed by atoms with E-state index in [1.165, 1.54) is 0 Å². The van der Waals surface area contributed by atoms with Crippen LogP contribution in [0.1, 0.15) is 20.8 Å². The van der Waals surface area contributed by atoms with Crippen LogP contribution in [0.25, 0.3) is 0 Å². The summed E-state index contributed by atoms with van der Waals surface area (Å²) in [6.07, 6.45) is -2.84. The maximum absolute atomic E-state index is 11.0. The predicted molar refractivity (Wildman–Crippen MR) is 46.2 cm³/mol. The number of hydrogen-bond acceptors (Lipinski definition) is 7. The lowest BCUT2D eigenvalue weighted by Gasteiger charge is -2.22. The van der Waals surface area contributed by atoms with Gasteiger partial charge in [-0.15, -0.1) is 0 Å². The fourth-order valence-corrected chi connectivity index (χ4v) is 0.403. The quantitative estimate of drug-likeness (QED) is 0.393. The molecule has 88 valence electrons. The average molecular weight is 222 g/mol. The van der Waals surface area contributed by atoms with Crippen LogP contribution >= 0.6 is 0 Å². The van der Waals surface area contributed by atoms with Gasteiger partial charge in [0.15, 0.2) is 11.7 Å².